The van der Waals surface area contributed by atoms with Crippen LogP contribution in [0.15, 0.2) is 27.3 Å². The van der Waals surface area contributed by atoms with Gasteiger partial charge in [0, 0.05) is 25.6 Å². The molecule has 0 fully saturated rings. The van der Waals surface area contributed by atoms with Gasteiger partial charge in [0.25, 0.3) is 5.89 Å². The Morgan fingerprint density at radius 1 is 1.23 bits per heavy atom. The van der Waals surface area contributed by atoms with Crippen molar-refractivity contribution in [2.24, 2.45) is 0 Å². The van der Waals surface area contributed by atoms with Gasteiger partial charge in [-0.3, -0.25) is 0 Å². The second-order valence-electron chi connectivity index (χ2n) is 5.94. The maximum absolute atomic E-state index is 5.47. The summed E-state index contributed by atoms with van der Waals surface area (Å²) in [6, 6.07) is 3.69. The van der Waals surface area contributed by atoms with Gasteiger partial charge in [-0.05, 0) is 25.1 Å². The number of nitrogens with zero attached hydrogens (tertiary/aromatic N) is 4. The number of anilines is 1. The van der Waals surface area contributed by atoms with Crippen LogP contribution in [-0.2, 0) is 30.7 Å². The van der Waals surface area contributed by atoms with E-state index in [0.29, 0.717) is 36.5 Å². The van der Waals surface area contributed by atoms with E-state index in [0.717, 1.165) is 43.0 Å². The molecule has 0 aliphatic carbocycles. The lowest BCUT2D eigenvalue weighted by atomic mass is 10.1. The molecule has 0 amide bonds. The fourth-order valence-corrected chi connectivity index (χ4v) is 2.91. The second-order valence-corrected chi connectivity index (χ2v) is 5.94. The predicted molar refractivity (Wildman–Crippen MR) is 92.3 cm³/mol. The maximum atomic E-state index is 5.47. The van der Waals surface area contributed by atoms with Crippen LogP contribution in [0.3, 0.4) is 0 Å². The molecular weight excluding hydrogens is 336 g/mol. The zero-order valence-electron chi connectivity index (χ0n) is 14.5. The van der Waals surface area contributed by atoms with E-state index in [1.54, 1.807) is 13.4 Å². The van der Waals surface area contributed by atoms with Gasteiger partial charge in [0.05, 0.1) is 18.5 Å². The average Bonchev–Trinajstić information content (AvgIpc) is 3.28. The average molecular weight is 356 g/mol. The molecule has 0 bridgehead atoms. The minimum Gasteiger partial charge on any atom is -0.461 e. The van der Waals surface area contributed by atoms with Crippen molar-refractivity contribution in [2.45, 2.75) is 26.0 Å². The molecule has 26 heavy (non-hydrogen) atoms. The highest BCUT2D eigenvalue weighted by Crippen LogP contribution is 2.25. The Morgan fingerprint density at radius 3 is 3.00 bits per heavy atom. The summed E-state index contributed by atoms with van der Waals surface area (Å²) in [7, 11) is 1.59. The van der Waals surface area contributed by atoms with Crippen molar-refractivity contribution < 1.29 is 13.7 Å². The van der Waals surface area contributed by atoms with Crippen LogP contribution >= 0.6 is 0 Å². The highest BCUT2D eigenvalue weighted by Gasteiger charge is 2.19. The first-order valence-corrected chi connectivity index (χ1v) is 8.52. The molecule has 2 N–H and O–H groups in total. The predicted octanol–water partition coefficient (Wildman–Crippen LogP) is 1.57. The molecule has 4 heterocycles. The number of fused-ring (bicyclic) bond motifs is 1. The third kappa shape index (κ3) is 3.58. The normalized spacial score (nSPS) is 14.0. The van der Waals surface area contributed by atoms with Crippen molar-refractivity contribution in [3.8, 4) is 11.6 Å². The molecule has 3 aromatic heterocycles. The van der Waals surface area contributed by atoms with Gasteiger partial charge in [-0.2, -0.15) is 4.98 Å². The van der Waals surface area contributed by atoms with E-state index in [4.69, 9.17) is 18.7 Å². The van der Waals surface area contributed by atoms with E-state index in [2.05, 4.69) is 25.8 Å². The molecule has 0 aromatic carbocycles. The quantitative estimate of drug-likeness (QED) is 0.679. The van der Waals surface area contributed by atoms with Crippen LogP contribution in [-0.4, -0.2) is 40.3 Å². The Kier molecular flexibility index (Phi) is 4.89. The van der Waals surface area contributed by atoms with Crippen LogP contribution in [0.25, 0.3) is 11.6 Å². The van der Waals surface area contributed by atoms with Gasteiger partial charge in [-0.15, -0.1) is 0 Å². The molecule has 1 aliphatic heterocycles. The fourth-order valence-electron chi connectivity index (χ4n) is 2.91. The first-order chi connectivity index (χ1) is 12.8. The minimum absolute atomic E-state index is 0.296. The third-order valence-electron chi connectivity index (χ3n) is 4.12. The van der Waals surface area contributed by atoms with Crippen molar-refractivity contribution in [2.75, 3.05) is 25.5 Å². The van der Waals surface area contributed by atoms with E-state index in [9.17, 15) is 0 Å². The van der Waals surface area contributed by atoms with Crippen LogP contribution in [0.2, 0.25) is 0 Å². The lowest BCUT2D eigenvalue weighted by Gasteiger charge is -2.13. The molecule has 0 radical (unpaired) electrons. The van der Waals surface area contributed by atoms with Crippen LogP contribution in [0.5, 0.6) is 0 Å². The SMILES string of the molecule is COCc1nc(CNc2nc(-c3ccco3)nc3c2CCNCC3)no1. The van der Waals surface area contributed by atoms with E-state index in [1.165, 1.54) is 0 Å². The maximum Gasteiger partial charge on any atom is 0.252 e. The fraction of sp³-hybridized carbons (Fsp3) is 0.412. The number of hydrogen-bond acceptors (Lipinski definition) is 9. The summed E-state index contributed by atoms with van der Waals surface area (Å²) >= 11 is 0. The van der Waals surface area contributed by atoms with E-state index in [1.807, 2.05) is 12.1 Å². The molecule has 3 aromatic rings. The summed E-state index contributed by atoms with van der Waals surface area (Å²) in [6.07, 6.45) is 3.33. The zero-order chi connectivity index (χ0) is 17.8. The molecule has 4 rings (SSSR count). The summed E-state index contributed by atoms with van der Waals surface area (Å²) in [5, 5.41) is 10.7. The Morgan fingerprint density at radius 2 is 2.15 bits per heavy atom. The van der Waals surface area contributed by atoms with Gasteiger partial charge < -0.3 is 24.3 Å². The summed E-state index contributed by atoms with van der Waals surface area (Å²) in [4.78, 5) is 13.7. The number of methoxy groups -OCH3 is 1. The van der Waals surface area contributed by atoms with Crippen molar-refractivity contribution in [3.05, 3.63) is 41.4 Å². The Balaban J connectivity index is 1.61. The monoisotopic (exact) mass is 356 g/mol. The molecule has 9 heteroatoms. The van der Waals surface area contributed by atoms with Gasteiger partial charge in [0.15, 0.2) is 17.4 Å². The van der Waals surface area contributed by atoms with Crippen molar-refractivity contribution in [3.63, 3.8) is 0 Å². The third-order valence-corrected chi connectivity index (χ3v) is 4.12. The molecule has 0 spiro atoms. The lowest BCUT2D eigenvalue weighted by molar-refractivity contribution is 0.151. The molecule has 9 nitrogen and oxygen atoms in total. The first-order valence-electron chi connectivity index (χ1n) is 8.52. The van der Waals surface area contributed by atoms with E-state index >= 15 is 0 Å². The van der Waals surface area contributed by atoms with Gasteiger partial charge in [0.2, 0.25) is 0 Å². The molecule has 0 saturated carbocycles. The van der Waals surface area contributed by atoms with Gasteiger partial charge >= 0.3 is 0 Å². The van der Waals surface area contributed by atoms with Crippen molar-refractivity contribution >= 4 is 5.82 Å². The molecular formula is C17H20N6O3. The number of hydrogen-bond donors (Lipinski definition) is 2. The highest BCUT2D eigenvalue weighted by atomic mass is 16.5. The smallest absolute Gasteiger partial charge is 0.252 e. The minimum atomic E-state index is 0.296. The Labute approximate surface area is 150 Å². The topological polar surface area (TPSA) is 111 Å². The van der Waals surface area contributed by atoms with Crippen LogP contribution in [0.4, 0.5) is 5.82 Å². The van der Waals surface area contributed by atoms with Crippen LogP contribution < -0.4 is 10.6 Å². The summed E-state index contributed by atoms with van der Waals surface area (Å²) in [5.74, 6) is 3.01. The molecule has 136 valence electrons. The number of aromatic nitrogens is 4. The summed E-state index contributed by atoms with van der Waals surface area (Å²) in [6.45, 7) is 2.49. The van der Waals surface area contributed by atoms with Gasteiger partial charge in [0.1, 0.15) is 12.4 Å². The molecule has 0 atom stereocenters. The number of rotatable bonds is 6. The second kappa shape index (κ2) is 7.63. The summed E-state index contributed by atoms with van der Waals surface area (Å²) < 4.78 is 15.6. The number of nitrogens with one attached hydrogen (secondary N) is 2. The van der Waals surface area contributed by atoms with Crippen molar-refractivity contribution in [1.29, 1.82) is 0 Å². The van der Waals surface area contributed by atoms with Crippen LogP contribution in [0.1, 0.15) is 23.0 Å². The first kappa shape index (κ1) is 16.7. The largest absolute Gasteiger partial charge is 0.461 e. The highest BCUT2D eigenvalue weighted by molar-refractivity contribution is 5.56. The Bertz CT molecular complexity index is 862. The summed E-state index contributed by atoms with van der Waals surface area (Å²) in [5.41, 5.74) is 2.15. The van der Waals surface area contributed by atoms with Gasteiger partial charge in [-0.25, -0.2) is 9.97 Å². The van der Waals surface area contributed by atoms with Crippen LogP contribution in [0, 0.1) is 0 Å². The molecule has 0 unspecified atom stereocenters. The molecule has 1 aliphatic rings. The lowest BCUT2D eigenvalue weighted by Crippen LogP contribution is -2.16. The van der Waals surface area contributed by atoms with Crippen molar-refractivity contribution in [1.82, 2.24) is 25.4 Å². The van der Waals surface area contributed by atoms with Gasteiger partial charge in [-0.1, -0.05) is 5.16 Å². The number of ether oxygens (including phenoxy) is 1. The Hall–Kier alpha value is -2.78. The molecule has 0 saturated heterocycles. The number of furan rings is 1. The zero-order valence-corrected chi connectivity index (χ0v) is 14.5. The van der Waals surface area contributed by atoms with E-state index in [-0.39, 0.29) is 0 Å². The van der Waals surface area contributed by atoms with E-state index < -0.39 is 0 Å². The standard InChI is InChI=1S/C17H20N6O3/c1-24-10-15-21-14(23-26-15)9-19-16-11-4-6-18-7-5-12(11)20-17(22-16)13-3-2-8-25-13/h2-3,8,18H,4-7,9-10H2,1H3,(H,19,20,22).